The van der Waals surface area contributed by atoms with Gasteiger partial charge in [-0.3, -0.25) is 34.0 Å². The quantitative estimate of drug-likeness (QED) is 0.140. The number of carbonyl (C=O) groups excluding carboxylic acids is 5. The van der Waals surface area contributed by atoms with Crippen LogP contribution in [0.1, 0.15) is 82.6 Å². The average molecular weight is 868 g/mol. The number of hydrazine groups is 1. The maximum Gasteiger partial charge on any atom is 0.293 e. The Morgan fingerprint density at radius 3 is 2.59 bits per heavy atom. The first-order chi connectivity index (χ1) is 30.2. The molecule has 2 fully saturated rings. The Labute approximate surface area is 371 Å². The molecule has 1 aromatic carbocycles. The van der Waals surface area contributed by atoms with Crippen molar-refractivity contribution in [3.63, 3.8) is 0 Å². The zero-order valence-electron chi connectivity index (χ0n) is 38.0. The van der Waals surface area contributed by atoms with Crippen molar-refractivity contribution in [2.75, 3.05) is 58.4 Å². The fourth-order valence-corrected chi connectivity index (χ4v) is 9.06. The number of hydrogen-bond donors (Lipinski definition) is 2. The van der Waals surface area contributed by atoms with Gasteiger partial charge in [-0.2, -0.15) is 0 Å². The van der Waals surface area contributed by atoms with Crippen LogP contribution in [0.5, 0.6) is 0 Å². The zero-order valence-corrected chi connectivity index (χ0v) is 38.0. The van der Waals surface area contributed by atoms with E-state index in [0.717, 1.165) is 52.6 Å². The fraction of sp³-hybridized carbons (Fsp3) is 0.553. The van der Waals surface area contributed by atoms with E-state index >= 15 is 0 Å². The molecule has 0 aliphatic carbocycles. The van der Waals surface area contributed by atoms with Crippen LogP contribution in [0.2, 0.25) is 0 Å². The van der Waals surface area contributed by atoms with Gasteiger partial charge in [-0.25, -0.2) is 10.4 Å². The molecule has 3 aliphatic heterocycles. The number of likely N-dealkylation sites (tertiary alicyclic amines) is 1. The zero-order chi connectivity index (χ0) is 45.4. The SMILES string of the molecule is C=CC(=O)N1CC[C@H](C(=O)N(C)[C@H](C(=O)N[C@@H](Cc2cccc(N3CCc4nc(-c5cccnc5[C@H](C)OC)n(CC(C)(C)COC=O)c4C3)c2)C(=O)N2CCCCN2)C(C)C)C1. The molecule has 4 amide bonds. The van der Waals surface area contributed by atoms with E-state index in [2.05, 4.69) is 57.8 Å². The number of imidazole rings is 1. The van der Waals surface area contributed by atoms with Crippen LogP contribution in [0.25, 0.3) is 11.4 Å². The number of anilines is 1. The van der Waals surface area contributed by atoms with Gasteiger partial charge in [-0.05, 0) is 68.0 Å². The Morgan fingerprint density at radius 2 is 1.89 bits per heavy atom. The van der Waals surface area contributed by atoms with Crippen molar-refractivity contribution in [3.05, 3.63) is 77.9 Å². The largest absolute Gasteiger partial charge is 0.467 e. The summed E-state index contributed by atoms with van der Waals surface area (Å²) >= 11 is 0. The van der Waals surface area contributed by atoms with Crippen molar-refractivity contribution in [2.45, 2.75) is 98.0 Å². The molecule has 63 heavy (non-hydrogen) atoms. The maximum atomic E-state index is 14.3. The number of benzene rings is 1. The number of nitrogens with zero attached hydrogens (tertiary/aromatic N) is 7. The lowest BCUT2D eigenvalue weighted by Gasteiger charge is -2.35. The van der Waals surface area contributed by atoms with Crippen molar-refractivity contribution in [2.24, 2.45) is 17.3 Å². The van der Waals surface area contributed by atoms with Crippen molar-refractivity contribution >= 4 is 35.8 Å². The number of carbonyl (C=O) groups is 5. The lowest BCUT2D eigenvalue weighted by molar-refractivity contribution is -0.145. The summed E-state index contributed by atoms with van der Waals surface area (Å²) in [7, 11) is 3.29. The molecule has 3 aliphatic rings. The van der Waals surface area contributed by atoms with Gasteiger partial charge >= 0.3 is 0 Å². The van der Waals surface area contributed by atoms with E-state index in [-0.39, 0.29) is 49.3 Å². The number of fused-ring (bicyclic) bond motifs is 1. The summed E-state index contributed by atoms with van der Waals surface area (Å²) in [5, 5.41) is 4.69. The topological polar surface area (TPSA) is 172 Å². The van der Waals surface area contributed by atoms with Crippen molar-refractivity contribution in [1.29, 1.82) is 0 Å². The highest BCUT2D eigenvalue weighted by atomic mass is 16.5. The van der Waals surface area contributed by atoms with E-state index in [1.54, 1.807) is 30.3 Å². The highest BCUT2D eigenvalue weighted by Crippen LogP contribution is 2.35. The lowest BCUT2D eigenvalue weighted by Crippen LogP contribution is -2.59. The van der Waals surface area contributed by atoms with E-state index in [1.807, 2.05) is 45.0 Å². The molecule has 0 radical (unpaired) electrons. The van der Waals surface area contributed by atoms with E-state index in [9.17, 15) is 24.0 Å². The van der Waals surface area contributed by atoms with Crippen molar-refractivity contribution in [1.82, 2.24) is 40.1 Å². The first-order valence-electron chi connectivity index (χ1n) is 22.1. The van der Waals surface area contributed by atoms with Gasteiger partial charge < -0.3 is 34.1 Å². The molecule has 4 atom stereocenters. The van der Waals surface area contributed by atoms with Gasteiger partial charge in [0.1, 0.15) is 17.9 Å². The van der Waals surface area contributed by atoms with E-state index < -0.39 is 29.3 Å². The van der Waals surface area contributed by atoms with Crippen LogP contribution in [-0.2, 0) is 59.4 Å². The van der Waals surface area contributed by atoms with Crippen LogP contribution >= 0.6 is 0 Å². The summed E-state index contributed by atoms with van der Waals surface area (Å²) in [6.45, 7) is 17.8. The molecular formula is C47H65N9O7. The molecule has 2 N–H and O–H groups in total. The number of pyridine rings is 1. The third-order valence-electron chi connectivity index (χ3n) is 12.5. The van der Waals surface area contributed by atoms with Gasteiger partial charge in [-0.1, -0.05) is 46.4 Å². The second-order valence-electron chi connectivity index (χ2n) is 18.1. The number of likely N-dealkylation sites (N-methyl/N-ethyl adjacent to an activating group) is 1. The average Bonchev–Trinajstić information content (AvgIpc) is 3.92. The van der Waals surface area contributed by atoms with Crippen LogP contribution < -0.4 is 15.6 Å². The molecule has 16 nitrogen and oxygen atoms in total. The standard InChI is InChI=1S/C47H65N9O7/c1-9-40(58)54-22-17-34(26-54)45(60)52(7)42(31(2)3)44(59)51-38(46(61)56-21-11-10-20-49-56)25-33-14-12-15-35(24-33)53-23-18-37-39(27-53)55(28-47(5,6)29-63-30-57)43(50-37)36-16-13-19-48-41(36)32(4)62-8/h9,12-16,19,24,30-32,34,38,42,49H,1,10-11,17-18,20-23,25-29H2,2-8H3,(H,51,59)/t32-,34-,38-,42-/m0/s1. The Bertz CT molecular complexity index is 2130. The van der Waals surface area contributed by atoms with Crippen LogP contribution in [0.3, 0.4) is 0 Å². The van der Waals surface area contributed by atoms with Gasteiger partial charge in [0.15, 0.2) is 0 Å². The van der Waals surface area contributed by atoms with E-state index in [1.165, 1.54) is 11.0 Å². The van der Waals surface area contributed by atoms with Gasteiger partial charge in [0.2, 0.25) is 17.7 Å². The summed E-state index contributed by atoms with van der Waals surface area (Å²) in [5.74, 6) is -0.983. The number of amides is 4. The molecule has 0 bridgehead atoms. The van der Waals surface area contributed by atoms with E-state index in [4.69, 9.17) is 14.5 Å². The van der Waals surface area contributed by atoms with Gasteiger partial charge in [0.05, 0.1) is 42.3 Å². The predicted octanol–water partition coefficient (Wildman–Crippen LogP) is 4.09. The molecule has 2 aromatic heterocycles. The summed E-state index contributed by atoms with van der Waals surface area (Å²) < 4.78 is 13.2. The smallest absolute Gasteiger partial charge is 0.293 e. The minimum absolute atomic E-state index is 0.210. The summed E-state index contributed by atoms with van der Waals surface area (Å²) in [6, 6.07) is 10.3. The van der Waals surface area contributed by atoms with Crippen LogP contribution in [0.4, 0.5) is 5.69 Å². The van der Waals surface area contributed by atoms with Crippen molar-refractivity contribution < 1.29 is 33.4 Å². The number of nitrogens with one attached hydrogen (secondary N) is 2. The molecule has 3 aromatic rings. The monoisotopic (exact) mass is 868 g/mol. The number of aromatic nitrogens is 3. The number of methoxy groups -OCH3 is 1. The highest BCUT2D eigenvalue weighted by Gasteiger charge is 2.39. The van der Waals surface area contributed by atoms with Gasteiger partial charge in [0, 0.05) is 89.1 Å². The second-order valence-corrected chi connectivity index (χ2v) is 18.1. The van der Waals surface area contributed by atoms with Gasteiger partial charge in [0.25, 0.3) is 12.4 Å². The first-order valence-corrected chi connectivity index (χ1v) is 22.1. The molecule has 6 rings (SSSR count). The third kappa shape index (κ3) is 11.0. The number of hydrogen-bond acceptors (Lipinski definition) is 11. The Kier molecular flexibility index (Phi) is 15.4. The van der Waals surface area contributed by atoms with Gasteiger partial charge in [-0.15, -0.1) is 0 Å². The molecule has 0 saturated carbocycles. The fourth-order valence-electron chi connectivity index (χ4n) is 9.06. The Balaban J connectivity index is 1.26. The minimum Gasteiger partial charge on any atom is -0.467 e. The molecule has 16 heteroatoms. The number of ether oxygens (including phenoxy) is 2. The van der Waals surface area contributed by atoms with Crippen LogP contribution in [0.15, 0.2) is 55.3 Å². The Hall–Kier alpha value is -5.61. The summed E-state index contributed by atoms with van der Waals surface area (Å²) in [6.07, 6.45) is 5.95. The molecule has 0 spiro atoms. The summed E-state index contributed by atoms with van der Waals surface area (Å²) in [5.41, 5.74) is 8.33. The van der Waals surface area contributed by atoms with Crippen LogP contribution in [0, 0.1) is 17.3 Å². The molecule has 5 heterocycles. The normalized spacial score (nSPS) is 18.0. The second kappa shape index (κ2) is 20.7. The van der Waals surface area contributed by atoms with Crippen molar-refractivity contribution in [3.8, 4) is 11.4 Å². The first kappa shape index (κ1) is 46.9. The Morgan fingerprint density at radius 1 is 1.10 bits per heavy atom. The summed E-state index contributed by atoms with van der Waals surface area (Å²) in [4.78, 5) is 81.2. The molecule has 2 saturated heterocycles. The van der Waals surface area contributed by atoms with E-state index in [0.29, 0.717) is 58.6 Å². The maximum absolute atomic E-state index is 14.3. The molecule has 0 unspecified atom stereocenters. The number of rotatable bonds is 18. The lowest BCUT2D eigenvalue weighted by atomic mass is 9.94. The predicted molar refractivity (Wildman–Crippen MR) is 239 cm³/mol. The van der Waals surface area contributed by atoms with Crippen LogP contribution in [-0.4, -0.2) is 125 Å². The third-order valence-corrected chi connectivity index (χ3v) is 12.5. The minimum atomic E-state index is -0.911. The molecule has 340 valence electrons. The highest BCUT2D eigenvalue weighted by molar-refractivity contribution is 5.93. The molecular weight excluding hydrogens is 803 g/mol.